The maximum Gasteiger partial charge on any atom is 0.303 e. The molecule has 0 amide bonds. The summed E-state index contributed by atoms with van der Waals surface area (Å²) in [5.41, 5.74) is 5.11. The monoisotopic (exact) mass is 665 g/mol. The van der Waals surface area contributed by atoms with Gasteiger partial charge in [-0.05, 0) is 111 Å². The Hall–Kier alpha value is -0.890. The van der Waals surface area contributed by atoms with Gasteiger partial charge in [-0.3, -0.25) is 4.79 Å². The highest BCUT2D eigenvalue weighted by Gasteiger charge is 2.85. The lowest BCUT2D eigenvalue weighted by Gasteiger charge is -2.63. The number of aliphatic hydroxyl groups is 5. The fourth-order valence-electron chi connectivity index (χ4n) is 13.3. The second-order valence-corrected chi connectivity index (χ2v) is 18.3. The second kappa shape index (κ2) is 10.8. The van der Waals surface area contributed by atoms with E-state index in [4.69, 9.17) is 24.7 Å². The standard InChI is InChI=1S/C36H59NO10/c1-17-14-20(29(32(5,6)43)45-18(2)38)46-27-24(17)33(7)12-13-35-16-34(35)11-10-23(47-30-26(41)25(40)19(39)15-44-30)31(3,4)21(34)8-9-22(35)36(33,37)28(27)42/h17,19-30,39-43H,8-16,37H2,1-7H3/t17-,19-,20?,21+,22?,23+,24+,25+,26-,27?,28+,29+,30?,33?,34?,35?,36+/m1/s1. The fraction of sp³-hybridized carbons (Fsp3) is 0.972. The average Bonchev–Trinajstić information content (AvgIpc) is 3.61. The van der Waals surface area contributed by atoms with E-state index in [1.54, 1.807) is 13.8 Å². The molecule has 7 unspecified atom stereocenters. The van der Waals surface area contributed by atoms with Gasteiger partial charge in [0.1, 0.15) is 18.3 Å². The van der Waals surface area contributed by atoms with Crippen LogP contribution in [0, 0.1) is 45.3 Å². The summed E-state index contributed by atoms with van der Waals surface area (Å²) in [4.78, 5) is 12.0. The van der Waals surface area contributed by atoms with Crippen LogP contribution in [0.4, 0.5) is 0 Å². The van der Waals surface area contributed by atoms with Gasteiger partial charge in [-0.25, -0.2) is 0 Å². The van der Waals surface area contributed by atoms with Crippen molar-refractivity contribution in [2.24, 2.45) is 51.1 Å². The first kappa shape index (κ1) is 34.6. The van der Waals surface area contributed by atoms with Gasteiger partial charge in [-0.1, -0.05) is 27.7 Å². The van der Waals surface area contributed by atoms with E-state index in [0.717, 1.165) is 44.9 Å². The molecule has 2 spiro atoms. The molecule has 7 N–H and O–H groups in total. The van der Waals surface area contributed by atoms with Crippen molar-refractivity contribution in [3.05, 3.63) is 0 Å². The first-order valence-electron chi connectivity index (χ1n) is 18.1. The highest BCUT2D eigenvalue weighted by Crippen LogP contribution is 2.87. The molecule has 0 aromatic carbocycles. The van der Waals surface area contributed by atoms with Crippen LogP contribution >= 0.6 is 0 Å². The highest BCUT2D eigenvalue weighted by atomic mass is 16.7. The minimum absolute atomic E-state index is 0.0258. The lowest BCUT2D eigenvalue weighted by molar-refractivity contribution is -0.302. The van der Waals surface area contributed by atoms with Crippen LogP contribution in [0.2, 0.25) is 0 Å². The number of rotatable bonds is 5. The average molecular weight is 666 g/mol. The van der Waals surface area contributed by atoms with Crippen LogP contribution in [-0.2, 0) is 23.7 Å². The molecule has 7 aliphatic rings. The second-order valence-electron chi connectivity index (χ2n) is 18.3. The zero-order valence-corrected chi connectivity index (χ0v) is 29.2. The Morgan fingerprint density at radius 1 is 0.979 bits per heavy atom. The van der Waals surface area contributed by atoms with Crippen LogP contribution in [0.1, 0.15) is 99.8 Å². The number of aliphatic hydroxyl groups excluding tert-OH is 4. The van der Waals surface area contributed by atoms with Gasteiger partial charge in [-0.15, -0.1) is 0 Å². The molecule has 11 heteroatoms. The van der Waals surface area contributed by atoms with Crippen molar-refractivity contribution in [2.45, 2.75) is 166 Å². The topological polar surface area (TPSA) is 181 Å². The van der Waals surface area contributed by atoms with E-state index in [1.165, 1.54) is 6.92 Å². The highest BCUT2D eigenvalue weighted by molar-refractivity contribution is 5.66. The van der Waals surface area contributed by atoms with Gasteiger partial charge in [0, 0.05) is 6.92 Å². The molecule has 2 heterocycles. The zero-order valence-electron chi connectivity index (χ0n) is 29.2. The van der Waals surface area contributed by atoms with E-state index in [0.29, 0.717) is 12.3 Å². The minimum Gasteiger partial charge on any atom is -0.457 e. The number of carbonyl (C=O) groups is 1. The Kier molecular flexibility index (Phi) is 7.95. The van der Waals surface area contributed by atoms with E-state index < -0.39 is 66.1 Å². The van der Waals surface area contributed by atoms with E-state index in [1.807, 2.05) is 0 Å². The van der Waals surface area contributed by atoms with E-state index >= 15 is 0 Å². The van der Waals surface area contributed by atoms with Crippen LogP contribution in [0.5, 0.6) is 0 Å². The summed E-state index contributed by atoms with van der Waals surface area (Å²) in [5.74, 6) is 0.210. The van der Waals surface area contributed by atoms with Crippen LogP contribution in [0.25, 0.3) is 0 Å². The van der Waals surface area contributed by atoms with Gasteiger partial charge < -0.3 is 50.2 Å². The zero-order chi connectivity index (χ0) is 34.3. The van der Waals surface area contributed by atoms with Gasteiger partial charge in [0.25, 0.3) is 0 Å². The van der Waals surface area contributed by atoms with Gasteiger partial charge in [0.15, 0.2) is 12.4 Å². The first-order valence-corrected chi connectivity index (χ1v) is 18.1. The molecule has 0 aromatic rings. The molecule has 0 radical (unpaired) electrons. The molecule has 5 saturated carbocycles. The van der Waals surface area contributed by atoms with Crippen molar-refractivity contribution < 1.29 is 49.3 Å². The number of nitrogens with two attached hydrogens (primary N) is 1. The Balaban J connectivity index is 1.14. The number of carbonyl (C=O) groups excluding carboxylic acids is 1. The summed E-state index contributed by atoms with van der Waals surface area (Å²) in [6.45, 7) is 13.5. The molecule has 47 heavy (non-hydrogen) atoms. The van der Waals surface area contributed by atoms with Crippen LogP contribution in [-0.4, -0.2) is 104 Å². The molecule has 0 bridgehead atoms. The maximum absolute atomic E-state index is 12.4. The molecular formula is C36H59NO10. The van der Waals surface area contributed by atoms with Crippen molar-refractivity contribution in [3.8, 4) is 0 Å². The Bertz CT molecular complexity index is 1260. The first-order chi connectivity index (χ1) is 21.8. The third-order valence-electron chi connectivity index (χ3n) is 15.3. The van der Waals surface area contributed by atoms with Crippen molar-refractivity contribution in [1.29, 1.82) is 0 Å². The summed E-state index contributed by atoms with van der Waals surface area (Å²) in [6, 6.07) is 0. The van der Waals surface area contributed by atoms with Gasteiger partial charge in [0.05, 0.1) is 42.2 Å². The molecular weight excluding hydrogens is 606 g/mol. The number of hydrogen-bond acceptors (Lipinski definition) is 11. The quantitative estimate of drug-likeness (QED) is 0.187. The summed E-state index contributed by atoms with van der Waals surface area (Å²) in [7, 11) is 0. The molecule has 17 atom stereocenters. The molecule has 268 valence electrons. The van der Waals surface area contributed by atoms with Crippen molar-refractivity contribution in [3.63, 3.8) is 0 Å². The molecule has 0 aromatic heterocycles. The summed E-state index contributed by atoms with van der Waals surface area (Å²) in [6.07, 6.45) is -0.467. The lowest BCUT2D eigenvalue weighted by atomic mass is 9.43. The molecule has 2 aliphatic heterocycles. The fourth-order valence-corrected chi connectivity index (χ4v) is 13.3. The predicted molar refractivity (Wildman–Crippen MR) is 169 cm³/mol. The molecule has 7 rings (SSSR count). The number of hydrogen-bond donors (Lipinski definition) is 6. The van der Waals surface area contributed by atoms with Gasteiger partial charge >= 0.3 is 5.97 Å². The van der Waals surface area contributed by atoms with Crippen molar-refractivity contribution in [2.75, 3.05) is 6.61 Å². The molecule has 2 saturated heterocycles. The smallest absolute Gasteiger partial charge is 0.303 e. The van der Waals surface area contributed by atoms with E-state index in [9.17, 15) is 30.3 Å². The lowest BCUT2D eigenvalue weighted by Crippen LogP contribution is -2.70. The van der Waals surface area contributed by atoms with Crippen LogP contribution < -0.4 is 5.73 Å². The Labute approximate surface area is 278 Å². The van der Waals surface area contributed by atoms with E-state index in [2.05, 4.69) is 27.7 Å². The summed E-state index contributed by atoms with van der Waals surface area (Å²) in [5, 5.41) is 54.2. The molecule has 5 aliphatic carbocycles. The third-order valence-corrected chi connectivity index (χ3v) is 15.3. The van der Waals surface area contributed by atoms with E-state index in [-0.39, 0.29) is 52.1 Å². The number of fused-ring (bicyclic) bond motifs is 4. The van der Waals surface area contributed by atoms with Crippen molar-refractivity contribution >= 4 is 5.97 Å². The number of ether oxygens (including phenoxy) is 4. The third kappa shape index (κ3) is 4.53. The normalized spacial score (nSPS) is 55.4. The largest absolute Gasteiger partial charge is 0.457 e. The SMILES string of the molecule is CC(=O)O[C@@H](C1C[C@@H](C)[C@H]2C(O1)[C@H](O)[C@@]1(N)C3CC[C@H]4C(C)(C)[C@@H](OC5OC[C@@H](O)[C@H](O)[C@H]5O)CCC45CC35CCC21C)C(C)(C)O. The summed E-state index contributed by atoms with van der Waals surface area (Å²) >= 11 is 0. The minimum atomic E-state index is -1.32. The van der Waals surface area contributed by atoms with Crippen molar-refractivity contribution in [1.82, 2.24) is 0 Å². The number of esters is 1. The van der Waals surface area contributed by atoms with Crippen LogP contribution in [0.3, 0.4) is 0 Å². The van der Waals surface area contributed by atoms with Gasteiger partial charge in [-0.2, -0.15) is 0 Å². The molecule has 11 nitrogen and oxygen atoms in total. The van der Waals surface area contributed by atoms with Gasteiger partial charge in [0.2, 0.25) is 0 Å². The predicted octanol–water partition coefficient (Wildman–Crippen LogP) is 2.02. The summed E-state index contributed by atoms with van der Waals surface area (Å²) < 4.78 is 24.4. The molecule has 7 fully saturated rings. The Morgan fingerprint density at radius 2 is 1.64 bits per heavy atom. The Morgan fingerprint density at radius 3 is 2.30 bits per heavy atom. The maximum atomic E-state index is 12.4. The van der Waals surface area contributed by atoms with Crippen LogP contribution in [0.15, 0.2) is 0 Å².